The van der Waals surface area contributed by atoms with Crippen LogP contribution in [-0.4, -0.2) is 28.2 Å². The van der Waals surface area contributed by atoms with Crippen LogP contribution in [0.25, 0.3) is 0 Å². The number of hydrogen-bond donors (Lipinski definition) is 2. The van der Waals surface area contributed by atoms with Crippen molar-refractivity contribution in [1.82, 2.24) is 0 Å². The Kier molecular flexibility index (Phi) is 5.20. The van der Waals surface area contributed by atoms with Crippen molar-refractivity contribution in [3.05, 3.63) is 5.57 Å². The standard InChI is InChI=1S/C8H9NO4/c9-2-1-7(11)3-6(5-10)4-8(12)13/h7,11H,1,3-4H2,(H,12,13). The zero-order chi connectivity index (χ0) is 10.3. The first kappa shape index (κ1) is 11.4. The van der Waals surface area contributed by atoms with Gasteiger partial charge in [0.2, 0.25) is 0 Å². The van der Waals surface area contributed by atoms with Gasteiger partial charge in [0.25, 0.3) is 0 Å². The first-order valence-electron chi connectivity index (χ1n) is 3.59. The maximum atomic E-state index is 10.2. The molecule has 0 aromatic heterocycles. The monoisotopic (exact) mass is 183 g/mol. The fraction of sp³-hybridized carbons (Fsp3) is 0.500. The van der Waals surface area contributed by atoms with Gasteiger partial charge < -0.3 is 10.2 Å². The molecule has 0 aliphatic carbocycles. The smallest absolute Gasteiger partial charge is 0.308 e. The summed E-state index contributed by atoms with van der Waals surface area (Å²) < 4.78 is 0. The molecule has 0 heterocycles. The molecule has 0 aliphatic rings. The average molecular weight is 183 g/mol. The van der Waals surface area contributed by atoms with Crippen LogP contribution in [0, 0.1) is 11.3 Å². The number of hydrogen-bond acceptors (Lipinski definition) is 4. The fourth-order valence-electron chi connectivity index (χ4n) is 0.794. The Morgan fingerprint density at radius 1 is 1.54 bits per heavy atom. The highest BCUT2D eigenvalue weighted by atomic mass is 16.4. The van der Waals surface area contributed by atoms with Gasteiger partial charge in [-0.25, -0.2) is 4.79 Å². The van der Waals surface area contributed by atoms with Crippen LogP contribution in [0.4, 0.5) is 0 Å². The largest absolute Gasteiger partial charge is 0.481 e. The Morgan fingerprint density at radius 2 is 2.15 bits per heavy atom. The molecule has 0 bridgehead atoms. The molecular weight excluding hydrogens is 174 g/mol. The van der Waals surface area contributed by atoms with Crippen molar-refractivity contribution in [1.29, 1.82) is 5.26 Å². The topological polar surface area (TPSA) is 98.4 Å². The van der Waals surface area contributed by atoms with Crippen molar-refractivity contribution in [2.45, 2.75) is 25.4 Å². The maximum Gasteiger partial charge on any atom is 0.308 e. The van der Waals surface area contributed by atoms with Gasteiger partial charge in [-0.05, 0) is 0 Å². The molecule has 0 aromatic carbocycles. The van der Waals surface area contributed by atoms with Gasteiger partial charge in [0, 0.05) is 12.0 Å². The molecule has 5 heteroatoms. The third kappa shape index (κ3) is 5.62. The molecule has 5 nitrogen and oxygen atoms in total. The van der Waals surface area contributed by atoms with E-state index >= 15 is 0 Å². The van der Waals surface area contributed by atoms with Gasteiger partial charge in [-0.15, -0.1) is 0 Å². The molecule has 0 spiro atoms. The predicted molar refractivity (Wildman–Crippen MR) is 42.3 cm³/mol. The van der Waals surface area contributed by atoms with Gasteiger partial charge in [-0.1, -0.05) is 0 Å². The van der Waals surface area contributed by atoms with Crippen LogP contribution in [-0.2, 0) is 9.59 Å². The third-order valence-electron chi connectivity index (χ3n) is 1.32. The van der Waals surface area contributed by atoms with Crippen molar-refractivity contribution in [2.75, 3.05) is 0 Å². The molecule has 13 heavy (non-hydrogen) atoms. The molecule has 1 unspecified atom stereocenters. The van der Waals surface area contributed by atoms with E-state index in [1.165, 1.54) is 5.94 Å². The van der Waals surface area contributed by atoms with E-state index in [2.05, 4.69) is 0 Å². The lowest BCUT2D eigenvalue weighted by molar-refractivity contribution is -0.136. The summed E-state index contributed by atoms with van der Waals surface area (Å²) in [5, 5.41) is 25.5. The first-order chi connectivity index (χ1) is 6.10. The van der Waals surface area contributed by atoms with Crippen LogP contribution >= 0.6 is 0 Å². The molecular formula is C8H9NO4. The van der Waals surface area contributed by atoms with Crippen LogP contribution in [0.5, 0.6) is 0 Å². The molecule has 0 saturated heterocycles. The number of aliphatic hydroxyl groups is 1. The quantitative estimate of drug-likeness (QED) is 0.579. The molecule has 0 rings (SSSR count). The Labute approximate surface area is 74.9 Å². The highest BCUT2D eigenvalue weighted by molar-refractivity contribution is 5.74. The minimum atomic E-state index is -1.15. The first-order valence-corrected chi connectivity index (χ1v) is 3.59. The number of aliphatic carboxylic acids is 1. The SMILES string of the molecule is N#CCC(O)CC(=C=O)CC(=O)O. The number of carboxylic acid groups (broad SMARTS) is 1. The predicted octanol–water partition coefficient (Wildman–Crippen LogP) is -0.116. The molecule has 0 fully saturated rings. The van der Waals surface area contributed by atoms with Crippen LogP contribution in [0.3, 0.4) is 0 Å². The summed E-state index contributed by atoms with van der Waals surface area (Å²) in [6, 6.07) is 1.71. The van der Waals surface area contributed by atoms with Crippen molar-refractivity contribution in [3.63, 3.8) is 0 Å². The van der Waals surface area contributed by atoms with Gasteiger partial charge in [0.1, 0.15) is 5.94 Å². The van der Waals surface area contributed by atoms with E-state index in [4.69, 9.17) is 15.5 Å². The molecule has 1 atom stereocenters. The Bertz CT molecular complexity index is 272. The second kappa shape index (κ2) is 5.95. The molecule has 0 aromatic rings. The number of carboxylic acids is 1. The minimum absolute atomic E-state index is 0.0322. The average Bonchev–Trinajstić information content (AvgIpc) is 2.02. The van der Waals surface area contributed by atoms with Crippen LogP contribution in [0.15, 0.2) is 5.57 Å². The molecule has 2 N–H and O–H groups in total. The Hall–Kier alpha value is -1.63. The second-order valence-electron chi connectivity index (χ2n) is 2.50. The number of carbonyl (C=O) groups excluding carboxylic acids is 1. The summed E-state index contributed by atoms with van der Waals surface area (Å²) in [4.78, 5) is 20.3. The van der Waals surface area contributed by atoms with E-state index in [9.17, 15) is 9.59 Å². The van der Waals surface area contributed by atoms with Crippen molar-refractivity contribution < 1.29 is 19.8 Å². The van der Waals surface area contributed by atoms with Gasteiger partial charge in [0.15, 0.2) is 0 Å². The van der Waals surface area contributed by atoms with E-state index in [-0.39, 0.29) is 18.4 Å². The molecule has 70 valence electrons. The van der Waals surface area contributed by atoms with E-state index in [1.807, 2.05) is 0 Å². The summed E-state index contributed by atoms with van der Waals surface area (Å²) in [6.45, 7) is 0. The van der Waals surface area contributed by atoms with E-state index in [1.54, 1.807) is 6.07 Å². The zero-order valence-corrected chi connectivity index (χ0v) is 6.86. The van der Waals surface area contributed by atoms with Gasteiger partial charge in [0.05, 0.1) is 25.0 Å². The van der Waals surface area contributed by atoms with Crippen LogP contribution in [0.1, 0.15) is 19.3 Å². The number of nitriles is 1. The van der Waals surface area contributed by atoms with Gasteiger partial charge in [-0.3, -0.25) is 4.79 Å². The van der Waals surface area contributed by atoms with Crippen molar-refractivity contribution >= 4 is 11.9 Å². The fourth-order valence-corrected chi connectivity index (χ4v) is 0.794. The summed E-state index contributed by atoms with van der Waals surface area (Å²) in [5.74, 6) is 0.289. The second-order valence-corrected chi connectivity index (χ2v) is 2.50. The Morgan fingerprint density at radius 3 is 2.54 bits per heavy atom. The van der Waals surface area contributed by atoms with Crippen molar-refractivity contribution in [2.24, 2.45) is 0 Å². The number of carbonyl (C=O) groups is 1. The zero-order valence-electron chi connectivity index (χ0n) is 6.86. The summed E-state index contributed by atoms with van der Waals surface area (Å²) in [6.07, 6.45) is -1.65. The summed E-state index contributed by atoms with van der Waals surface area (Å²) in [5.41, 5.74) is -0.0322. The lowest BCUT2D eigenvalue weighted by Gasteiger charge is -2.04. The van der Waals surface area contributed by atoms with E-state index in [0.29, 0.717) is 0 Å². The summed E-state index contributed by atoms with van der Waals surface area (Å²) >= 11 is 0. The molecule has 0 amide bonds. The maximum absolute atomic E-state index is 10.2. The highest BCUT2D eigenvalue weighted by Gasteiger charge is 2.11. The normalized spacial score (nSPS) is 11.1. The van der Waals surface area contributed by atoms with Crippen LogP contribution in [0.2, 0.25) is 0 Å². The summed E-state index contributed by atoms with van der Waals surface area (Å²) in [7, 11) is 0. The van der Waals surface area contributed by atoms with Crippen LogP contribution < -0.4 is 0 Å². The molecule has 0 saturated carbocycles. The van der Waals surface area contributed by atoms with E-state index < -0.39 is 18.5 Å². The number of nitrogens with zero attached hydrogens (tertiary/aromatic N) is 1. The third-order valence-corrected chi connectivity index (χ3v) is 1.32. The van der Waals surface area contributed by atoms with Crippen molar-refractivity contribution in [3.8, 4) is 6.07 Å². The molecule has 0 aliphatic heterocycles. The Balaban J connectivity index is 4.09. The number of rotatable bonds is 5. The lowest BCUT2D eigenvalue weighted by atomic mass is 10.1. The van der Waals surface area contributed by atoms with E-state index in [0.717, 1.165) is 0 Å². The number of aliphatic hydroxyl groups excluding tert-OH is 1. The van der Waals surface area contributed by atoms with Gasteiger partial charge >= 0.3 is 5.97 Å². The van der Waals surface area contributed by atoms with Gasteiger partial charge in [-0.2, -0.15) is 5.26 Å². The highest BCUT2D eigenvalue weighted by Crippen LogP contribution is 2.08. The minimum Gasteiger partial charge on any atom is -0.481 e. The lowest BCUT2D eigenvalue weighted by Crippen LogP contribution is -2.09. The molecule has 0 radical (unpaired) electrons.